The predicted molar refractivity (Wildman–Crippen MR) is 77.3 cm³/mol. The minimum absolute atomic E-state index is 0.152. The van der Waals surface area contributed by atoms with Crippen molar-refractivity contribution >= 4 is 0 Å². The van der Waals surface area contributed by atoms with E-state index in [-0.39, 0.29) is 12.6 Å². The van der Waals surface area contributed by atoms with Gasteiger partial charge in [-0.05, 0) is 30.7 Å². The largest absolute Gasteiger partial charge is 0.395 e. The van der Waals surface area contributed by atoms with Crippen molar-refractivity contribution in [3.05, 3.63) is 35.9 Å². The van der Waals surface area contributed by atoms with E-state index in [0.717, 1.165) is 32.4 Å². The molecule has 1 fully saturated rings. The highest BCUT2D eigenvalue weighted by Gasteiger charge is 2.18. The first kappa shape index (κ1) is 14.5. The van der Waals surface area contributed by atoms with Gasteiger partial charge in [-0.25, -0.2) is 0 Å². The number of hydrogen-bond acceptors (Lipinski definition) is 3. The normalized spacial score (nSPS) is 22.3. The van der Waals surface area contributed by atoms with E-state index in [1.165, 1.54) is 5.56 Å². The van der Waals surface area contributed by atoms with E-state index in [9.17, 15) is 5.11 Å². The molecular weight excluding hydrogens is 238 g/mol. The van der Waals surface area contributed by atoms with E-state index in [1.54, 1.807) is 0 Å². The fourth-order valence-electron chi connectivity index (χ4n) is 2.67. The molecule has 106 valence electrons. The average molecular weight is 263 g/mol. The third-order valence-electron chi connectivity index (χ3n) is 3.89. The molecular formula is C16H25NO2. The van der Waals surface area contributed by atoms with Crippen LogP contribution in [-0.2, 0) is 4.74 Å². The van der Waals surface area contributed by atoms with Gasteiger partial charge in [-0.1, -0.05) is 37.3 Å². The fraction of sp³-hybridized carbons (Fsp3) is 0.625. The van der Waals surface area contributed by atoms with Gasteiger partial charge in [-0.15, -0.1) is 0 Å². The van der Waals surface area contributed by atoms with Crippen LogP contribution in [0, 0.1) is 0 Å². The van der Waals surface area contributed by atoms with Crippen LogP contribution in [0.4, 0.5) is 0 Å². The van der Waals surface area contributed by atoms with Gasteiger partial charge in [0, 0.05) is 19.2 Å². The molecule has 0 bridgehead atoms. The van der Waals surface area contributed by atoms with E-state index in [2.05, 4.69) is 36.5 Å². The van der Waals surface area contributed by atoms with E-state index < -0.39 is 0 Å². The molecule has 19 heavy (non-hydrogen) atoms. The highest BCUT2D eigenvalue weighted by molar-refractivity contribution is 5.18. The number of nitrogens with one attached hydrogen (secondary N) is 1. The van der Waals surface area contributed by atoms with Gasteiger partial charge < -0.3 is 15.2 Å². The molecule has 0 aromatic heterocycles. The van der Waals surface area contributed by atoms with Gasteiger partial charge in [0.1, 0.15) is 0 Å². The summed E-state index contributed by atoms with van der Waals surface area (Å²) < 4.78 is 5.59. The topological polar surface area (TPSA) is 41.5 Å². The highest BCUT2D eigenvalue weighted by atomic mass is 16.5. The molecule has 3 heteroatoms. The van der Waals surface area contributed by atoms with Crippen LogP contribution in [0.1, 0.15) is 37.7 Å². The maximum Gasteiger partial charge on any atom is 0.0700 e. The van der Waals surface area contributed by atoms with Gasteiger partial charge in [0.2, 0.25) is 0 Å². The molecule has 1 aromatic rings. The van der Waals surface area contributed by atoms with E-state index >= 15 is 0 Å². The van der Waals surface area contributed by atoms with E-state index in [1.807, 2.05) is 6.07 Å². The number of rotatable bonds is 7. The Kier molecular flexibility index (Phi) is 5.83. The minimum Gasteiger partial charge on any atom is -0.395 e. The summed E-state index contributed by atoms with van der Waals surface area (Å²) in [5.74, 6) is 0.454. The van der Waals surface area contributed by atoms with Crippen LogP contribution < -0.4 is 5.32 Å². The Morgan fingerprint density at radius 1 is 1.37 bits per heavy atom. The zero-order valence-electron chi connectivity index (χ0n) is 11.7. The molecule has 0 aliphatic carbocycles. The molecule has 1 saturated heterocycles. The summed E-state index contributed by atoms with van der Waals surface area (Å²) in [5, 5.41) is 12.9. The van der Waals surface area contributed by atoms with Crippen molar-refractivity contribution in [3.8, 4) is 0 Å². The maximum atomic E-state index is 9.49. The lowest BCUT2D eigenvalue weighted by atomic mass is 9.94. The predicted octanol–water partition coefficient (Wildman–Crippen LogP) is 2.31. The minimum atomic E-state index is 0.152. The Bertz CT molecular complexity index is 349. The van der Waals surface area contributed by atoms with Crippen LogP contribution in [0.2, 0.25) is 0 Å². The Morgan fingerprint density at radius 2 is 2.16 bits per heavy atom. The highest BCUT2D eigenvalue weighted by Crippen LogP contribution is 2.20. The maximum absolute atomic E-state index is 9.49. The van der Waals surface area contributed by atoms with Crippen molar-refractivity contribution in [2.45, 2.75) is 44.2 Å². The van der Waals surface area contributed by atoms with Crippen LogP contribution in [0.5, 0.6) is 0 Å². The summed E-state index contributed by atoms with van der Waals surface area (Å²) in [7, 11) is 0. The lowest BCUT2D eigenvalue weighted by Crippen LogP contribution is -2.38. The third-order valence-corrected chi connectivity index (χ3v) is 3.89. The monoisotopic (exact) mass is 263 g/mol. The van der Waals surface area contributed by atoms with Gasteiger partial charge in [0.25, 0.3) is 0 Å². The van der Waals surface area contributed by atoms with Crippen LogP contribution in [-0.4, -0.2) is 37.0 Å². The first-order valence-electron chi connectivity index (χ1n) is 7.30. The first-order chi connectivity index (χ1) is 9.29. The summed E-state index contributed by atoms with van der Waals surface area (Å²) in [4.78, 5) is 0. The van der Waals surface area contributed by atoms with Gasteiger partial charge in [0.05, 0.1) is 12.7 Å². The number of benzene rings is 1. The molecule has 0 amide bonds. The summed E-state index contributed by atoms with van der Waals surface area (Å²) >= 11 is 0. The molecule has 1 aromatic carbocycles. The first-order valence-corrected chi connectivity index (χ1v) is 7.30. The van der Waals surface area contributed by atoms with Gasteiger partial charge in [-0.3, -0.25) is 0 Å². The summed E-state index contributed by atoms with van der Waals surface area (Å²) in [6.45, 7) is 4.14. The number of aliphatic hydroxyl groups is 1. The molecule has 1 aliphatic rings. The number of ether oxygens (including phenoxy) is 1. The smallest absolute Gasteiger partial charge is 0.0700 e. The fourth-order valence-corrected chi connectivity index (χ4v) is 2.67. The van der Waals surface area contributed by atoms with Crippen molar-refractivity contribution in [2.75, 3.05) is 19.8 Å². The van der Waals surface area contributed by atoms with Gasteiger partial charge in [0.15, 0.2) is 0 Å². The van der Waals surface area contributed by atoms with E-state index in [4.69, 9.17) is 4.74 Å². The van der Waals surface area contributed by atoms with E-state index in [0.29, 0.717) is 12.0 Å². The Balaban J connectivity index is 1.77. The van der Waals surface area contributed by atoms with Crippen molar-refractivity contribution in [2.24, 2.45) is 0 Å². The molecule has 3 atom stereocenters. The molecule has 1 aliphatic heterocycles. The second-order valence-corrected chi connectivity index (χ2v) is 5.47. The zero-order chi connectivity index (χ0) is 13.5. The SMILES string of the molecule is CC(CC(CO)NCC1CCCO1)c1ccccc1. The van der Waals surface area contributed by atoms with Crippen LogP contribution >= 0.6 is 0 Å². The second-order valence-electron chi connectivity index (χ2n) is 5.47. The van der Waals surface area contributed by atoms with Crippen LogP contribution in [0.25, 0.3) is 0 Å². The molecule has 3 unspecified atom stereocenters. The Labute approximate surface area is 116 Å². The van der Waals surface area contributed by atoms with Gasteiger partial charge in [-0.2, -0.15) is 0 Å². The quantitative estimate of drug-likeness (QED) is 0.793. The second kappa shape index (κ2) is 7.63. The molecule has 1 heterocycles. The summed E-state index contributed by atoms with van der Waals surface area (Å²) in [6.07, 6.45) is 3.59. The van der Waals surface area contributed by atoms with Crippen molar-refractivity contribution in [3.63, 3.8) is 0 Å². The van der Waals surface area contributed by atoms with Crippen molar-refractivity contribution < 1.29 is 9.84 Å². The molecule has 0 saturated carbocycles. The Hall–Kier alpha value is -0.900. The van der Waals surface area contributed by atoms with Gasteiger partial charge >= 0.3 is 0 Å². The molecule has 3 nitrogen and oxygen atoms in total. The molecule has 2 rings (SSSR count). The summed E-state index contributed by atoms with van der Waals surface area (Å²) in [6, 6.07) is 10.6. The number of hydrogen-bond donors (Lipinski definition) is 2. The third kappa shape index (κ3) is 4.60. The molecule has 2 N–H and O–H groups in total. The Morgan fingerprint density at radius 3 is 2.79 bits per heavy atom. The zero-order valence-corrected chi connectivity index (χ0v) is 11.7. The van der Waals surface area contributed by atoms with Crippen molar-refractivity contribution in [1.82, 2.24) is 5.32 Å². The molecule has 0 spiro atoms. The number of aliphatic hydroxyl groups excluding tert-OH is 1. The molecule has 0 radical (unpaired) electrons. The standard InChI is InChI=1S/C16H25NO2/c1-13(14-6-3-2-4-7-14)10-15(12-18)17-11-16-8-5-9-19-16/h2-4,6-7,13,15-18H,5,8-12H2,1H3. The summed E-state index contributed by atoms with van der Waals surface area (Å²) in [5.41, 5.74) is 1.33. The lowest BCUT2D eigenvalue weighted by Gasteiger charge is -2.22. The average Bonchev–Trinajstić information content (AvgIpc) is 2.97. The van der Waals surface area contributed by atoms with Crippen molar-refractivity contribution in [1.29, 1.82) is 0 Å². The lowest BCUT2D eigenvalue weighted by molar-refractivity contribution is 0.103. The van der Waals surface area contributed by atoms with Crippen LogP contribution in [0.15, 0.2) is 30.3 Å². The van der Waals surface area contributed by atoms with Crippen LogP contribution in [0.3, 0.4) is 0 Å².